The van der Waals surface area contributed by atoms with Gasteiger partial charge >= 0.3 is 0 Å². The number of para-hydroxylation sites is 2. The van der Waals surface area contributed by atoms with Crippen LogP contribution in [0.1, 0.15) is 0 Å². The molecule has 2 heterocycles. The van der Waals surface area contributed by atoms with Gasteiger partial charge in [0.15, 0.2) is 0 Å². The van der Waals surface area contributed by atoms with Gasteiger partial charge in [-0.1, -0.05) is 172 Å². The predicted octanol–water partition coefficient (Wildman–Crippen LogP) is 13.7. The molecule has 2 nitrogen and oxygen atoms in total. The molecule has 0 atom stereocenters. The van der Waals surface area contributed by atoms with E-state index in [1.807, 2.05) is 0 Å². The Morgan fingerprint density at radius 2 is 0.758 bits per heavy atom. The summed E-state index contributed by atoms with van der Waals surface area (Å²) in [5.41, 5.74) is 12.8. The molecule has 10 aromatic rings. The molecular formula is C58H46N2Si2. The van der Waals surface area contributed by atoms with E-state index in [9.17, 15) is 0 Å². The molecule has 12 rings (SSSR count). The lowest BCUT2D eigenvalue weighted by molar-refractivity contribution is 1.30. The molecule has 0 radical (unpaired) electrons. The van der Waals surface area contributed by atoms with E-state index in [2.05, 4.69) is 242 Å². The number of anilines is 6. The maximum absolute atomic E-state index is 2.63. The Hall–Kier alpha value is -6.99. The third-order valence-electron chi connectivity index (χ3n) is 14.0. The van der Waals surface area contributed by atoms with Crippen molar-refractivity contribution in [2.75, 3.05) is 9.80 Å². The molecule has 4 heteroatoms. The smallest absolute Gasteiger partial charge is 0.113 e. The summed E-state index contributed by atoms with van der Waals surface area (Å²) in [6, 6.07) is 77.2. The summed E-state index contributed by atoms with van der Waals surface area (Å²) >= 11 is 0. The summed E-state index contributed by atoms with van der Waals surface area (Å²) in [5, 5.41) is 13.9. The molecular weight excluding hydrogens is 781 g/mol. The van der Waals surface area contributed by atoms with Gasteiger partial charge in [0.1, 0.15) is 16.1 Å². The Morgan fingerprint density at radius 1 is 0.306 bits per heavy atom. The fourth-order valence-electron chi connectivity index (χ4n) is 10.9. The lowest BCUT2D eigenvalue weighted by atomic mass is 9.91. The number of nitrogens with zero attached hydrogens (tertiary/aromatic N) is 2. The van der Waals surface area contributed by atoms with Gasteiger partial charge in [0, 0.05) is 33.5 Å². The Morgan fingerprint density at radius 3 is 1.34 bits per heavy atom. The van der Waals surface area contributed by atoms with E-state index >= 15 is 0 Å². The van der Waals surface area contributed by atoms with Gasteiger partial charge in [-0.05, 0) is 125 Å². The maximum Gasteiger partial charge on any atom is 0.113 e. The van der Waals surface area contributed by atoms with Crippen LogP contribution in [0.4, 0.5) is 34.1 Å². The van der Waals surface area contributed by atoms with Gasteiger partial charge in [-0.25, -0.2) is 0 Å². The molecule has 0 N–H and O–H groups in total. The van der Waals surface area contributed by atoms with Crippen LogP contribution in [0.25, 0.3) is 54.6 Å². The minimum atomic E-state index is -2.20. The monoisotopic (exact) mass is 826 g/mol. The Balaban J connectivity index is 1.04. The van der Waals surface area contributed by atoms with Crippen LogP contribution in [0.3, 0.4) is 0 Å². The third kappa shape index (κ3) is 5.40. The van der Waals surface area contributed by atoms with Gasteiger partial charge in [0.2, 0.25) is 0 Å². The Bertz CT molecular complexity index is 3420. The van der Waals surface area contributed by atoms with Crippen LogP contribution in [0, 0.1) is 0 Å². The molecule has 0 saturated carbocycles. The first-order chi connectivity index (χ1) is 30.3. The molecule has 0 unspecified atom stereocenters. The first kappa shape index (κ1) is 36.8. The highest BCUT2D eigenvalue weighted by molar-refractivity contribution is 7.05. The van der Waals surface area contributed by atoms with Crippen LogP contribution in [0.2, 0.25) is 26.2 Å². The molecule has 0 saturated heterocycles. The second kappa shape index (κ2) is 13.8. The first-order valence-electron chi connectivity index (χ1n) is 21.9. The van der Waals surface area contributed by atoms with E-state index in [4.69, 9.17) is 0 Å². The fourth-order valence-corrected chi connectivity index (χ4v) is 17.1. The van der Waals surface area contributed by atoms with Crippen molar-refractivity contribution < 1.29 is 0 Å². The summed E-state index contributed by atoms with van der Waals surface area (Å²) in [4.78, 5) is 4.93. The normalized spacial score (nSPS) is 14.1. The fraction of sp³-hybridized carbons (Fsp3) is 0.0690. The highest BCUT2D eigenvalue weighted by Gasteiger charge is 2.43. The van der Waals surface area contributed by atoms with Gasteiger partial charge in [0.25, 0.3) is 0 Å². The molecule has 0 bridgehead atoms. The number of rotatable bonds is 6. The van der Waals surface area contributed by atoms with Crippen LogP contribution in [-0.2, 0) is 0 Å². The predicted molar refractivity (Wildman–Crippen MR) is 273 cm³/mol. The van der Waals surface area contributed by atoms with Crippen molar-refractivity contribution in [2.45, 2.75) is 26.2 Å². The average Bonchev–Trinajstić information content (AvgIpc) is 3.54. The van der Waals surface area contributed by atoms with Crippen molar-refractivity contribution in [2.24, 2.45) is 0 Å². The number of fused-ring (bicyclic) bond motifs is 8. The highest BCUT2D eigenvalue weighted by Crippen LogP contribution is 2.46. The van der Waals surface area contributed by atoms with Gasteiger partial charge in [-0.15, -0.1) is 0 Å². The van der Waals surface area contributed by atoms with Crippen molar-refractivity contribution in [3.05, 3.63) is 206 Å². The molecule has 0 fully saturated rings. The molecule has 0 amide bonds. The number of hydrogen-bond acceptors (Lipinski definition) is 2. The van der Waals surface area contributed by atoms with Crippen LogP contribution in [0.5, 0.6) is 0 Å². The van der Waals surface area contributed by atoms with Crippen molar-refractivity contribution in [3.63, 3.8) is 0 Å². The van der Waals surface area contributed by atoms with Gasteiger partial charge in [-0.2, -0.15) is 0 Å². The molecule has 2 aliphatic rings. The zero-order valence-corrected chi connectivity index (χ0v) is 37.5. The summed E-state index contributed by atoms with van der Waals surface area (Å²) in [5.74, 6) is 0. The van der Waals surface area contributed by atoms with Crippen LogP contribution in [0.15, 0.2) is 206 Å². The van der Waals surface area contributed by atoms with E-state index < -0.39 is 16.1 Å². The van der Waals surface area contributed by atoms with Crippen LogP contribution < -0.4 is 30.5 Å². The standard InChI is InChI=1S/C58H46N2Si2/c1-61(2)53-31-17-28-49-57-48-35-33-44(60(42-24-9-6-10-25-42)52-30-16-21-40-19-12-14-27-46(40)52)37-55(48)62(3,4)56(57)38-50(58(49)53)47-34-32-43(36-54(47)61)59(41-22-7-5-8-23-41)51-29-15-20-39-18-11-13-26-45(39)51/h5-38H,1-4H3. The summed E-state index contributed by atoms with van der Waals surface area (Å²) in [7, 11) is -4.39. The zero-order chi connectivity index (χ0) is 41.7. The third-order valence-corrected chi connectivity index (χ3v) is 21.0. The van der Waals surface area contributed by atoms with Gasteiger partial charge < -0.3 is 9.80 Å². The highest BCUT2D eigenvalue weighted by atomic mass is 28.3. The minimum absolute atomic E-state index is 1.16. The van der Waals surface area contributed by atoms with Crippen molar-refractivity contribution in [1.29, 1.82) is 0 Å². The SMILES string of the molecule is C[Si]1(C)c2cc(N(c3ccccc3)c3cccc4ccccc34)ccc2-c2c1cc1c3c(cccc23)[Si](C)(C)c2cc(N(c3ccccc3)c3cccc4ccccc34)ccc2-1. The van der Waals surface area contributed by atoms with E-state index in [1.165, 1.54) is 92.9 Å². The number of benzene rings is 10. The lowest BCUT2D eigenvalue weighted by Gasteiger charge is -2.36. The van der Waals surface area contributed by atoms with E-state index in [1.54, 1.807) is 5.19 Å². The minimum Gasteiger partial charge on any atom is -0.310 e. The van der Waals surface area contributed by atoms with E-state index in [-0.39, 0.29) is 0 Å². The van der Waals surface area contributed by atoms with Crippen molar-refractivity contribution in [1.82, 2.24) is 0 Å². The van der Waals surface area contributed by atoms with Crippen molar-refractivity contribution in [3.8, 4) is 22.3 Å². The largest absolute Gasteiger partial charge is 0.310 e. The molecule has 0 aromatic heterocycles. The van der Waals surface area contributed by atoms with Gasteiger partial charge in [-0.3, -0.25) is 0 Å². The lowest BCUT2D eigenvalue weighted by Crippen LogP contribution is -2.56. The molecule has 10 aromatic carbocycles. The number of hydrogen-bond donors (Lipinski definition) is 0. The van der Waals surface area contributed by atoms with Crippen molar-refractivity contribution >= 4 is 103 Å². The Kier molecular flexibility index (Phi) is 8.18. The second-order valence-electron chi connectivity index (χ2n) is 18.1. The summed E-state index contributed by atoms with van der Waals surface area (Å²) in [6.45, 7) is 10.3. The molecule has 62 heavy (non-hydrogen) atoms. The Labute approximate surface area is 366 Å². The summed E-state index contributed by atoms with van der Waals surface area (Å²) < 4.78 is 0. The zero-order valence-electron chi connectivity index (χ0n) is 35.5. The van der Waals surface area contributed by atoms with Crippen LogP contribution >= 0.6 is 0 Å². The molecule has 0 aliphatic carbocycles. The van der Waals surface area contributed by atoms with E-state index in [0.717, 1.165) is 11.4 Å². The molecule has 0 spiro atoms. The average molecular weight is 827 g/mol. The van der Waals surface area contributed by atoms with E-state index in [0.29, 0.717) is 0 Å². The second-order valence-corrected chi connectivity index (χ2v) is 26.8. The topological polar surface area (TPSA) is 6.48 Å². The quantitative estimate of drug-likeness (QED) is 0.154. The first-order valence-corrected chi connectivity index (χ1v) is 27.9. The van der Waals surface area contributed by atoms with Gasteiger partial charge in [0.05, 0.1) is 11.4 Å². The van der Waals surface area contributed by atoms with Crippen LogP contribution in [-0.4, -0.2) is 16.1 Å². The molecule has 296 valence electrons. The molecule has 2 aliphatic heterocycles. The maximum atomic E-state index is 2.63. The summed E-state index contributed by atoms with van der Waals surface area (Å²) in [6.07, 6.45) is 0.